The molecule has 2 unspecified atom stereocenters. The average molecular weight is 215 g/mol. The zero-order valence-corrected chi connectivity index (χ0v) is 9.78. The molecule has 0 spiro atoms. The van der Waals surface area contributed by atoms with E-state index < -0.39 is 0 Å². The molecule has 1 aliphatic carbocycles. The molecular formula is C8H15BrMg. The van der Waals surface area contributed by atoms with Crippen LogP contribution in [0.15, 0.2) is 0 Å². The second kappa shape index (κ2) is 6.93. The molecule has 0 amide bonds. The number of rotatable bonds is 1. The van der Waals surface area contributed by atoms with Gasteiger partial charge in [-0.1, -0.05) is 32.6 Å². The van der Waals surface area contributed by atoms with E-state index in [0.717, 1.165) is 11.8 Å². The SMILES string of the molecule is [Br-].[CH2-]C1CCC(CC)C1.[Mg+2]. The Hall–Kier alpha value is 1.25. The van der Waals surface area contributed by atoms with Gasteiger partial charge in [0.15, 0.2) is 0 Å². The van der Waals surface area contributed by atoms with Crippen LogP contribution in [-0.2, 0) is 0 Å². The topological polar surface area (TPSA) is 0 Å². The van der Waals surface area contributed by atoms with Gasteiger partial charge in [0.05, 0.1) is 0 Å². The Kier molecular flexibility index (Phi) is 9.57. The van der Waals surface area contributed by atoms with Gasteiger partial charge in [-0.25, -0.2) is 0 Å². The first kappa shape index (κ1) is 13.8. The summed E-state index contributed by atoms with van der Waals surface area (Å²) in [6, 6.07) is 0. The first-order valence-electron chi connectivity index (χ1n) is 3.66. The minimum atomic E-state index is 0. The van der Waals surface area contributed by atoms with Crippen molar-refractivity contribution >= 4 is 23.1 Å². The third-order valence-corrected chi connectivity index (χ3v) is 2.23. The van der Waals surface area contributed by atoms with E-state index in [1.54, 1.807) is 0 Å². The van der Waals surface area contributed by atoms with E-state index in [0.29, 0.717) is 0 Å². The zero-order valence-electron chi connectivity index (χ0n) is 6.78. The van der Waals surface area contributed by atoms with Gasteiger partial charge >= 0.3 is 23.1 Å². The van der Waals surface area contributed by atoms with E-state index in [9.17, 15) is 0 Å². The normalized spacial score (nSPS) is 30.6. The molecule has 0 aromatic rings. The minimum absolute atomic E-state index is 0. The van der Waals surface area contributed by atoms with E-state index in [4.69, 9.17) is 0 Å². The van der Waals surface area contributed by atoms with Crippen LogP contribution in [0.1, 0.15) is 32.6 Å². The van der Waals surface area contributed by atoms with Crippen molar-refractivity contribution in [3.8, 4) is 0 Å². The monoisotopic (exact) mass is 214 g/mol. The third kappa shape index (κ3) is 4.19. The molecule has 2 heteroatoms. The van der Waals surface area contributed by atoms with E-state index in [1.807, 2.05) is 0 Å². The zero-order chi connectivity index (χ0) is 5.98. The van der Waals surface area contributed by atoms with E-state index in [2.05, 4.69) is 13.8 Å². The van der Waals surface area contributed by atoms with Gasteiger partial charge in [-0.15, -0.1) is 0 Å². The molecule has 0 nitrogen and oxygen atoms in total. The van der Waals surface area contributed by atoms with Crippen LogP contribution in [0.3, 0.4) is 0 Å². The second-order valence-corrected chi connectivity index (χ2v) is 2.95. The average Bonchev–Trinajstić information content (AvgIpc) is 2.14. The summed E-state index contributed by atoms with van der Waals surface area (Å²) in [5.41, 5.74) is 0. The van der Waals surface area contributed by atoms with Crippen molar-refractivity contribution in [3.05, 3.63) is 6.92 Å². The van der Waals surface area contributed by atoms with Crippen molar-refractivity contribution in [1.82, 2.24) is 0 Å². The molecule has 1 saturated carbocycles. The third-order valence-electron chi connectivity index (χ3n) is 2.23. The second-order valence-electron chi connectivity index (χ2n) is 2.95. The van der Waals surface area contributed by atoms with Crippen molar-refractivity contribution in [2.24, 2.45) is 11.8 Å². The molecule has 1 rings (SSSR count). The Bertz CT molecular complexity index is 75.7. The Morgan fingerprint density at radius 3 is 2.20 bits per heavy atom. The molecule has 2 atom stereocenters. The predicted molar refractivity (Wildman–Crippen MR) is 42.2 cm³/mol. The van der Waals surface area contributed by atoms with Gasteiger partial charge in [-0.05, 0) is 5.92 Å². The first-order chi connectivity index (χ1) is 3.83. The summed E-state index contributed by atoms with van der Waals surface area (Å²) < 4.78 is 0. The quantitative estimate of drug-likeness (QED) is 0.400. The van der Waals surface area contributed by atoms with Gasteiger partial charge < -0.3 is 23.9 Å². The van der Waals surface area contributed by atoms with Crippen molar-refractivity contribution in [1.29, 1.82) is 0 Å². The van der Waals surface area contributed by atoms with E-state index in [-0.39, 0.29) is 40.0 Å². The van der Waals surface area contributed by atoms with Gasteiger partial charge in [0.25, 0.3) is 0 Å². The summed E-state index contributed by atoms with van der Waals surface area (Å²) >= 11 is 0. The molecular weight excluding hydrogens is 200 g/mol. The maximum absolute atomic E-state index is 4.04. The molecule has 0 aliphatic heterocycles. The Morgan fingerprint density at radius 1 is 1.40 bits per heavy atom. The van der Waals surface area contributed by atoms with E-state index >= 15 is 0 Å². The summed E-state index contributed by atoms with van der Waals surface area (Å²) in [4.78, 5) is 0. The Labute approximate surface area is 91.1 Å². The molecule has 0 aromatic carbocycles. The summed E-state index contributed by atoms with van der Waals surface area (Å²) in [6.45, 7) is 6.32. The number of halogens is 1. The summed E-state index contributed by atoms with van der Waals surface area (Å²) in [6.07, 6.45) is 5.56. The van der Waals surface area contributed by atoms with Crippen LogP contribution in [0.5, 0.6) is 0 Å². The van der Waals surface area contributed by atoms with Crippen LogP contribution >= 0.6 is 0 Å². The number of hydrogen-bond acceptors (Lipinski definition) is 0. The summed E-state index contributed by atoms with van der Waals surface area (Å²) in [5, 5.41) is 0. The van der Waals surface area contributed by atoms with E-state index in [1.165, 1.54) is 25.7 Å². The van der Waals surface area contributed by atoms with Gasteiger partial charge in [-0.3, -0.25) is 0 Å². The molecule has 1 aliphatic rings. The van der Waals surface area contributed by atoms with Gasteiger partial charge in [0.1, 0.15) is 0 Å². The fourth-order valence-corrected chi connectivity index (χ4v) is 1.55. The Balaban J connectivity index is 0. The van der Waals surface area contributed by atoms with Crippen molar-refractivity contribution in [2.75, 3.05) is 0 Å². The largest absolute Gasteiger partial charge is 2.00 e. The molecule has 1 fully saturated rings. The van der Waals surface area contributed by atoms with Crippen LogP contribution in [-0.4, -0.2) is 23.1 Å². The van der Waals surface area contributed by atoms with Crippen molar-refractivity contribution < 1.29 is 17.0 Å². The van der Waals surface area contributed by atoms with Crippen LogP contribution in [0.2, 0.25) is 0 Å². The van der Waals surface area contributed by atoms with Crippen LogP contribution in [0.25, 0.3) is 0 Å². The molecule has 0 saturated heterocycles. The first-order valence-corrected chi connectivity index (χ1v) is 3.66. The Morgan fingerprint density at radius 2 is 2.00 bits per heavy atom. The van der Waals surface area contributed by atoms with Gasteiger partial charge in [0.2, 0.25) is 0 Å². The molecule has 56 valence electrons. The van der Waals surface area contributed by atoms with Crippen molar-refractivity contribution in [3.63, 3.8) is 0 Å². The van der Waals surface area contributed by atoms with Crippen LogP contribution in [0, 0.1) is 18.8 Å². The maximum Gasteiger partial charge on any atom is 2.00 e. The summed E-state index contributed by atoms with van der Waals surface area (Å²) in [5.74, 6) is 1.79. The summed E-state index contributed by atoms with van der Waals surface area (Å²) in [7, 11) is 0. The minimum Gasteiger partial charge on any atom is -1.00 e. The fraction of sp³-hybridized carbons (Fsp3) is 0.875. The standard InChI is InChI=1S/C8H15.BrH.Mg/c1-3-8-5-4-7(2)6-8;;/h7-8H,2-6H2,1H3;1H;/q-1;;+2/p-1. The predicted octanol–water partition coefficient (Wildman–Crippen LogP) is -0.730. The molecule has 0 radical (unpaired) electrons. The molecule has 0 heterocycles. The smallest absolute Gasteiger partial charge is 1.00 e. The molecule has 0 bridgehead atoms. The van der Waals surface area contributed by atoms with Crippen LogP contribution < -0.4 is 17.0 Å². The number of hydrogen-bond donors (Lipinski definition) is 0. The molecule has 10 heavy (non-hydrogen) atoms. The van der Waals surface area contributed by atoms with Gasteiger partial charge in [0, 0.05) is 0 Å². The molecule has 0 aromatic heterocycles. The maximum atomic E-state index is 4.04. The van der Waals surface area contributed by atoms with Gasteiger partial charge in [-0.2, -0.15) is 5.92 Å². The molecule has 0 N–H and O–H groups in total. The van der Waals surface area contributed by atoms with Crippen LogP contribution in [0.4, 0.5) is 0 Å². The van der Waals surface area contributed by atoms with Crippen molar-refractivity contribution in [2.45, 2.75) is 32.6 Å². The fourth-order valence-electron chi connectivity index (χ4n) is 1.55.